The van der Waals surface area contributed by atoms with Crippen molar-refractivity contribution < 1.29 is 0 Å². The molecular weight excluding hydrogens is 192 g/mol. The summed E-state index contributed by atoms with van der Waals surface area (Å²) in [5.74, 6) is 0.936. The first-order valence-electron chi connectivity index (χ1n) is 5.22. The number of nitrogen functional groups attached to an aromatic ring is 1. The number of aromatic amines is 1. The molecule has 1 aliphatic carbocycles. The number of likely N-dealkylation sites (N-methyl/N-ethyl adjacent to an activating group) is 1. The highest BCUT2D eigenvalue weighted by molar-refractivity contribution is 5.30. The number of aromatic nitrogens is 3. The van der Waals surface area contributed by atoms with E-state index < -0.39 is 0 Å². The van der Waals surface area contributed by atoms with Crippen molar-refractivity contribution in [1.82, 2.24) is 20.1 Å². The molecule has 0 bridgehead atoms. The summed E-state index contributed by atoms with van der Waals surface area (Å²) >= 11 is 0. The lowest BCUT2D eigenvalue weighted by Crippen LogP contribution is -2.54. The van der Waals surface area contributed by atoms with Gasteiger partial charge in [0, 0.05) is 12.1 Å². The fourth-order valence-corrected chi connectivity index (χ4v) is 1.96. The van der Waals surface area contributed by atoms with E-state index in [9.17, 15) is 0 Å². The fourth-order valence-electron chi connectivity index (χ4n) is 1.96. The largest absolute Gasteiger partial charge is 0.368 e. The molecule has 1 fully saturated rings. The number of hydrogen-bond donors (Lipinski definition) is 3. The summed E-state index contributed by atoms with van der Waals surface area (Å²) in [6, 6.07) is 0. The maximum absolute atomic E-state index is 5.44. The second kappa shape index (κ2) is 3.69. The Bertz CT molecular complexity index is 327. The zero-order valence-corrected chi connectivity index (χ0v) is 9.25. The van der Waals surface area contributed by atoms with Crippen molar-refractivity contribution in [1.29, 1.82) is 0 Å². The highest BCUT2D eigenvalue weighted by Crippen LogP contribution is 2.35. The van der Waals surface area contributed by atoms with Crippen molar-refractivity contribution in [2.45, 2.75) is 24.8 Å². The Hall–Kier alpha value is -1.30. The first-order valence-corrected chi connectivity index (χ1v) is 5.22. The van der Waals surface area contributed by atoms with E-state index in [1.165, 1.54) is 19.3 Å². The first-order chi connectivity index (χ1) is 7.12. The predicted molar refractivity (Wildman–Crippen MR) is 59.6 cm³/mol. The van der Waals surface area contributed by atoms with Gasteiger partial charge in [-0.05, 0) is 33.4 Å². The molecule has 15 heavy (non-hydrogen) atoms. The number of nitrogens with two attached hydrogens (primary N) is 1. The second-order valence-corrected chi connectivity index (χ2v) is 4.37. The fraction of sp³-hybridized carbons (Fsp3) is 0.778. The summed E-state index contributed by atoms with van der Waals surface area (Å²) in [5, 5.41) is 9.77. The third-order valence-corrected chi connectivity index (χ3v) is 3.31. The smallest absolute Gasteiger partial charge is 0.243 e. The molecule has 0 atom stereocenters. The van der Waals surface area contributed by atoms with Crippen LogP contribution in [0.15, 0.2) is 0 Å². The van der Waals surface area contributed by atoms with Gasteiger partial charge in [0.2, 0.25) is 11.9 Å². The maximum Gasteiger partial charge on any atom is 0.243 e. The SMILES string of the molecule is CN(C)C1(CNc2n[nH]c(N)n2)CCC1. The van der Waals surface area contributed by atoms with E-state index in [4.69, 9.17) is 5.73 Å². The third kappa shape index (κ3) is 1.90. The predicted octanol–water partition coefficient (Wildman–Crippen LogP) is 0.283. The number of nitrogens with zero attached hydrogens (tertiary/aromatic N) is 3. The molecule has 1 aromatic heterocycles. The Morgan fingerprint density at radius 3 is 2.67 bits per heavy atom. The topological polar surface area (TPSA) is 82.9 Å². The van der Waals surface area contributed by atoms with Gasteiger partial charge in [0.05, 0.1) is 0 Å². The number of anilines is 2. The molecule has 4 N–H and O–H groups in total. The molecule has 1 aromatic rings. The standard InChI is InChI=1S/C9H18N6/c1-15(2)9(4-3-5-9)6-11-8-12-7(10)13-14-8/h3-6H2,1-2H3,(H4,10,11,12,13,14). The van der Waals surface area contributed by atoms with Crippen LogP contribution in [0.2, 0.25) is 0 Å². The van der Waals surface area contributed by atoms with E-state index in [1.54, 1.807) is 0 Å². The molecule has 0 aromatic carbocycles. The van der Waals surface area contributed by atoms with Crippen LogP contribution in [0.5, 0.6) is 0 Å². The van der Waals surface area contributed by atoms with E-state index in [0.717, 1.165) is 6.54 Å². The van der Waals surface area contributed by atoms with E-state index >= 15 is 0 Å². The van der Waals surface area contributed by atoms with Gasteiger partial charge >= 0.3 is 0 Å². The van der Waals surface area contributed by atoms with Gasteiger partial charge in [0.25, 0.3) is 0 Å². The second-order valence-electron chi connectivity index (χ2n) is 4.37. The summed E-state index contributed by atoms with van der Waals surface area (Å²) in [7, 11) is 4.24. The van der Waals surface area contributed by atoms with E-state index in [0.29, 0.717) is 11.9 Å². The first kappa shape index (κ1) is 10.2. The molecule has 0 aliphatic heterocycles. The third-order valence-electron chi connectivity index (χ3n) is 3.31. The number of hydrogen-bond acceptors (Lipinski definition) is 5. The Morgan fingerprint density at radius 2 is 2.27 bits per heavy atom. The summed E-state index contributed by atoms with van der Waals surface area (Å²) in [6.45, 7) is 0.872. The molecule has 0 unspecified atom stereocenters. The maximum atomic E-state index is 5.44. The van der Waals surface area contributed by atoms with Gasteiger partial charge in [-0.3, -0.25) is 0 Å². The van der Waals surface area contributed by atoms with Crippen molar-refractivity contribution in [2.75, 3.05) is 31.7 Å². The zero-order valence-electron chi connectivity index (χ0n) is 9.25. The molecule has 0 amide bonds. The molecule has 6 heteroatoms. The van der Waals surface area contributed by atoms with Crippen LogP contribution in [0.1, 0.15) is 19.3 Å². The highest BCUT2D eigenvalue weighted by Gasteiger charge is 2.38. The highest BCUT2D eigenvalue weighted by atomic mass is 15.3. The molecular formula is C9H18N6. The Kier molecular flexibility index (Phi) is 2.52. The molecule has 0 radical (unpaired) electrons. The average molecular weight is 210 g/mol. The van der Waals surface area contributed by atoms with Crippen LogP contribution in [0.3, 0.4) is 0 Å². The van der Waals surface area contributed by atoms with Gasteiger partial charge in [0.1, 0.15) is 0 Å². The van der Waals surface area contributed by atoms with Crippen molar-refractivity contribution >= 4 is 11.9 Å². The number of rotatable bonds is 4. The van der Waals surface area contributed by atoms with E-state index in [2.05, 4.69) is 39.5 Å². The summed E-state index contributed by atoms with van der Waals surface area (Å²) < 4.78 is 0. The normalized spacial score (nSPS) is 18.9. The molecule has 1 aliphatic rings. The van der Waals surface area contributed by atoms with Crippen LogP contribution in [0.4, 0.5) is 11.9 Å². The Morgan fingerprint density at radius 1 is 1.53 bits per heavy atom. The lowest BCUT2D eigenvalue weighted by atomic mass is 9.75. The van der Waals surface area contributed by atoms with Crippen molar-refractivity contribution in [3.05, 3.63) is 0 Å². The minimum absolute atomic E-state index is 0.273. The quantitative estimate of drug-likeness (QED) is 0.665. The van der Waals surface area contributed by atoms with Gasteiger partial charge in [-0.2, -0.15) is 4.98 Å². The van der Waals surface area contributed by atoms with Crippen LogP contribution in [-0.2, 0) is 0 Å². The van der Waals surface area contributed by atoms with Gasteiger partial charge in [-0.1, -0.05) is 0 Å². The number of H-pyrrole nitrogens is 1. The van der Waals surface area contributed by atoms with Crippen molar-refractivity contribution in [2.24, 2.45) is 0 Å². The number of nitrogens with one attached hydrogen (secondary N) is 2. The van der Waals surface area contributed by atoms with E-state index in [1.807, 2.05) is 0 Å². The Labute approximate surface area is 89.2 Å². The molecule has 0 saturated heterocycles. The molecule has 2 rings (SSSR count). The minimum Gasteiger partial charge on any atom is -0.368 e. The van der Waals surface area contributed by atoms with Crippen molar-refractivity contribution in [3.8, 4) is 0 Å². The van der Waals surface area contributed by atoms with Crippen molar-refractivity contribution in [3.63, 3.8) is 0 Å². The lowest BCUT2D eigenvalue weighted by Gasteiger charge is -2.47. The van der Waals surface area contributed by atoms with Crippen LogP contribution >= 0.6 is 0 Å². The monoisotopic (exact) mass is 210 g/mol. The summed E-state index contributed by atoms with van der Waals surface area (Å²) in [6.07, 6.45) is 3.76. The molecule has 1 saturated carbocycles. The summed E-state index contributed by atoms with van der Waals surface area (Å²) in [4.78, 5) is 6.29. The minimum atomic E-state index is 0.273. The van der Waals surface area contributed by atoms with E-state index in [-0.39, 0.29) is 5.54 Å². The van der Waals surface area contributed by atoms with Gasteiger partial charge in [0.15, 0.2) is 0 Å². The Balaban J connectivity index is 1.92. The molecule has 1 heterocycles. The lowest BCUT2D eigenvalue weighted by molar-refractivity contribution is 0.0737. The molecule has 6 nitrogen and oxygen atoms in total. The van der Waals surface area contributed by atoms with Gasteiger partial charge < -0.3 is 16.0 Å². The average Bonchev–Trinajstić information content (AvgIpc) is 2.49. The zero-order chi connectivity index (χ0) is 10.9. The summed E-state index contributed by atoms with van der Waals surface area (Å²) in [5.41, 5.74) is 5.72. The van der Waals surface area contributed by atoms with Crippen LogP contribution in [-0.4, -0.2) is 46.3 Å². The molecule has 0 spiro atoms. The van der Waals surface area contributed by atoms with Crippen LogP contribution in [0.25, 0.3) is 0 Å². The van der Waals surface area contributed by atoms with Crippen LogP contribution in [0, 0.1) is 0 Å². The van der Waals surface area contributed by atoms with Gasteiger partial charge in [-0.25, -0.2) is 5.10 Å². The molecule has 84 valence electrons. The van der Waals surface area contributed by atoms with Crippen LogP contribution < -0.4 is 11.1 Å². The van der Waals surface area contributed by atoms with Gasteiger partial charge in [-0.15, -0.1) is 5.10 Å².